The van der Waals surface area contributed by atoms with Crippen LogP contribution in [0, 0.1) is 0 Å². The number of aromatic carboxylic acids is 1. The highest BCUT2D eigenvalue weighted by molar-refractivity contribution is 7.08. The largest absolute Gasteiger partial charge is 0.478 e. The molecule has 2 aromatic heterocycles. The first kappa shape index (κ1) is 14.4. The number of hydrogen-bond donors (Lipinski definition) is 1. The molecule has 96 valence electrons. The highest BCUT2D eigenvalue weighted by Crippen LogP contribution is 2.07. The first-order valence-electron chi connectivity index (χ1n) is 5.01. The van der Waals surface area contributed by atoms with Crippen LogP contribution in [-0.2, 0) is 0 Å². The summed E-state index contributed by atoms with van der Waals surface area (Å²) in [6, 6.07) is 3.40. The Morgan fingerprint density at radius 3 is 1.83 bits per heavy atom. The van der Waals surface area contributed by atoms with E-state index >= 15 is 0 Å². The minimum Gasteiger partial charge on any atom is -0.478 e. The highest BCUT2D eigenvalue weighted by Gasteiger charge is 2.06. The molecule has 0 aliphatic heterocycles. The van der Waals surface area contributed by atoms with E-state index in [-0.39, 0.29) is 5.91 Å². The van der Waals surface area contributed by atoms with Crippen LogP contribution in [-0.4, -0.2) is 36.0 Å². The molecule has 0 unspecified atom stereocenters. The first-order valence-corrected chi connectivity index (χ1v) is 6.90. The first-order chi connectivity index (χ1) is 8.52. The van der Waals surface area contributed by atoms with Gasteiger partial charge in [-0.3, -0.25) is 4.79 Å². The van der Waals surface area contributed by atoms with Crippen LogP contribution in [0.2, 0.25) is 0 Å². The summed E-state index contributed by atoms with van der Waals surface area (Å²) in [6.07, 6.45) is 0. The number of thiophene rings is 2. The molecule has 0 aliphatic carbocycles. The van der Waals surface area contributed by atoms with Gasteiger partial charge in [0.1, 0.15) is 0 Å². The average molecular weight is 283 g/mol. The Labute approximate surface area is 113 Å². The molecule has 0 aliphatic rings. The molecule has 2 aromatic rings. The van der Waals surface area contributed by atoms with E-state index in [1.807, 2.05) is 16.8 Å². The number of carboxylic acids is 1. The van der Waals surface area contributed by atoms with Gasteiger partial charge in [-0.25, -0.2) is 4.79 Å². The van der Waals surface area contributed by atoms with Crippen LogP contribution in [0.15, 0.2) is 33.7 Å². The van der Waals surface area contributed by atoms with Crippen molar-refractivity contribution in [1.82, 2.24) is 4.90 Å². The van der Waals surface area contributed by atoms with Crippen molar-refractivity contribution < 1.29 is 14.7 Å². The maximum absolute atomic E-state index is 11.1. The summed E-state index contributed by atoms with van der Waals surface area (Å²) in [5.74, 6) is -0.785. The lowest BCUT2D eigenvalue weighted by Gasteiger charge is -2.07. The zero-order valence-electron chi connectivity index (χ0n) is 9.99. The second-order valence-electron chi connectivity index (χ2n) is 3.53. The molecule has 0 spiro atoms. The van der Waals surface area contributed by atoms with Crippen LogP contribution in [0.25, 0.3) is 0 Å². The van der Waals surface area contributed by atoms with Crippen molar-refractivity contribution in [3.63, 3.8) is 0 Å². The van der Waals surface area contributed by atoms with Crippen molar-refractivity contribution in [2.24, 2.45) is 0 Å². The lowest BCUT2D eigenvalue weighted by molar-refractivity contribution is 0.0697. The van der Waals surface area contributed by atoms with Gasteiger partial charge >= 0.3 is 5.97 Å². The number of rotatable bonds is 2. The molecule has 4 nitrogen and oxygen atoms in total. The monoisotopic (exact) mass is 283 g/mol. The lowest BCUT2D eigenvalue weighted by Crippen LogP contribution is -2.20. The van der Waals surface area contributed by atoms with Crippen molar-refractivity contribution >= 4 is 34.6 Å². The van der Waals surface area contributed by atoms with Crippen molar-refractivity contribution in [3.05, 3.63) is 44.8 Å². The maximum Gasteiger partial charge on any atom is 0.336 e. The van der Waals surface area contributed by atoms with Crippen molar-refractivity contribution in [1.29, 1.82) is 0 Å². The minimum atomic E-state index is -0.855. The van der Waals surface area contributed by atoms with E-state index in [1.165, 1.54) is 22.7 Å². The molecule has 0 saturated carbocycles. The van der Waals surface area contributed by atoms with Crippen LogP contribution < -0.4 is 0 Å². The van der Waals surface area contributed by atoms with Crippen LogP contribution in [0.1, 0.15) is 20.7 Å². The summed E-state index contributed by atoms with van der Waals surface area (Å²) < 4.78 is 0. The molecule has 0 bridgehead atoms. The minimum absolute atomic E-state index is 0.0706. The number of hydrogen-bond acceptors (Lipinski definition) is 4. The second-order valence-corrected chi connectivity index (χ2v) is 5.09. The van der Waals surface area contributed by atoms with E-state index in [2.05, 4.69) is 0 Å². The third-order valence-electron chi connectivity index (χ3n) is 1.94. The molecule has 0 fully saturated rings. The predicted octanol–water partition coefficient (Wildman–Crippen LogP) is 2.90. The summed E-state index contributed by atoms with van der Waals surface area (Å²) in [7, 11) is 3.50. The molecule has 1 N–H and O–H groups in total. The Morgan fingerprint density at radius 1 is 1.06 bits per heavy atom. The summed E-state index contributed by atoms with van der Waals surface area (Å²) in [4.78, 5) is 22.8. The van der Waals surface area contributed by atoms with Crippen LogP contribution in [0.3, 0.4) is 0 Å². The molecular weight excluding hydrogens is 270 g/mol. The molecule has 0 saturated heterocycles. The van der Waals surface area contributed by atoms with E-state index in [0.717, 1.165) is 5.56 Å². The number of nitrogens with zero attached hydrogens (tertiary/aromatic N) is 1. The van der Waals surface area contributed by atoms with Gasteiger partial charge in [0, 0.05) is 24.9 Å². The van der Waals surface area contributed by atoms with Crippen molar-refractivity contribution in [2.75, 3.05) is 14.1 Å². The zero-order chi connectivity index (χ0) is 13.5. The SMILES string of the molecule is CN(C)C(=O)c1ccsc1.O=C(O)c1ccsc1. The summed E-state index contributed by atoms with van der Waals surface area (Å²) in [6.45, 7) is 0. The third-order valence-corrected chi connectivity index (χ3v) is 3.31. The van der Waals surface area contributed by atoms with Gasteiger partial charge in [-0.15, -0.1) is 0 Å². The van der Waals surface area contributed by atoms with Gasteiger partial charge in [0.2, 0.25) is 0 Å². The maximum atomic E-state index is 11.1. The number of carbonyl (C=O) groups excluding carboxylic acids is 1. The molecule has 18 heavy (non-hydrogen) atoms. The summed E-state index contributed by atoms with van der Waals surface area (Å²) in [5, 5.41) is 15.4. The van der Waals surface area contributed by atoms with E-state index in [0.29, 0.717) is 5.56 Å². The van der Waals surface area contributed by atoms with E-state index in [9.17, 15) is 9.59 Å². The molecule has 0 atom stereocenters. The smallest absolute Gasteiger partial charge is 0.336 e. The molecule has 1 amide bonds. The topological polar surface area (TPSA) is 57.6 Å². The molecule has 0 aromatic carbocycles. The quantitative estimate of drug-likeness (QED) is 0.922. The molecule has 2 heterocycles. The lowest BCUT2D eigenvalue weighted by atomic mass is 10.3. The van der Waals surface area contributed by atoms with Crippen molar-refractivity contribution in [2.45, 2.75) is 0 Å². The van der Waals surface area contributed by atoms with Gasteiger partial charge in [-0.2, -0.15) is 22.7 Å². The van der Waals surface area contributed by atoms with E-state index in [1.54, 1.807) is 35.8 Å². The Hall–Kier alpha value is -1.66. The normalized spacial score (nSPS) is 9.22. The van der Waals surface area contributed by atoms with Gasteiger partial charge in [0.15, 0.2) is 0 Å². The van der Waals surface area contributed by atoms with Gasteiger partial charge in [0.25, 0.3) is 5.91 Å². The molecule has 0 radical (unpaired) electrons. The Balaban J connectivity index is 0.000000184. The van der Waals surface area contributed by atoms with Crippen LogP contribution in [0.4, 0.5) is 0 Å². The third kappa shape index (κ3) is 4.31. The van der Waals surface area contributed by atoms with Crippen LogP contribution in [0.5, 0.6) is 0 Å². The number of amides is 1. The molecule has 2 rings (SSSR count). The van der Waals surface area contributed by atoms with E-state index in [4.69, 9.17) is 5.11 Å². The summed E-state index contributed by atoms with van der Waals surface area (Å²) in [5.41, 5.74) is 1.14. The number of carbonyl (C=O) groups is 2. The fraction of sp³-hybridized carbons (Fsp3) is 0.167. The molecular formula is C12H13NO3S2. The molecule has 6 heteroatoms. The zero-order valence-corrected chi connectivity index (χ0v) is 11.6. The summed E-state index contributed by atoms with van der Waals surface area (Å²) >= 11 is 2.92. The van der Waals surface area contributed by atoms with Gasteiger partial charge in [-0.05, 0) is 22.9 Å². The Bertz CT molecular complexity index is 489. The Morgan fingerprint density at radius 2 is 1.56 bits per heavy atom. The number of carboxylic acid groups (broad SMARTS) is 1. The van der Waals surface area contributed by atoms with Gasteiger partial charge < -0.3 is 10.0 Å². The second kappa shape index (κ2) is 6.93. The average Bonchev–Trinajstić information content (AvgIpc) is 3.02. The van der Waals surface area contributed by atoms with Gasteiger partial charge in [0.05, 0.1) is 11.1 Å². The fourth-order valence-electron chi connectivity index (χ4n) is 1.03. The van der Waals surface area contributed by atoms with Crippen molar-refractivity contribution in [3.8, 4) is 0 Å². The van der Waals surface area contributed by atoms with Crippen LogP contribution >= 0.6 is 22.7 Å². The highest BCUT2D eigenvalue weighted by atomic mass is 32.1. The fourth-order valence-corrected chi connectivity index (χ4v) is 2.29. The van der Waals surface area contributed by atoms with Gasteiger partial charge in [-0.1, -0.05) is 0 Å². The Kier molecular flexibility index (Phi) is 5.54. The van der Waals surface area contributed by atoms with E-state index < -0.39 is 5.97 Å². The predicted molar refractivity (Wildman–Crippen MR) is 73.6 cm³/mol. The standard InChI is InChI=1S/C7H9NOS.C5H4O2S/c1-8(2)7(9)6-3-4-10-5-6;6-5(7)4-1-2-8-3-4/h3-5H,1-2H3;1-3H,(H,6,7).